The number of nitrogens with two attached hydrogens (primary N) is 1. The van der Waals surface area contributed by atoms with E-state index in [2.05, 4.69) is 16.8 Å². The number of rotatable bonds is 9. The zero-order valence-corrected chi connectivity index (χ0v) is 20.5. The summed E-state index contributed by atoms with van der Waals surface area (Å²) in [4.78, 5) is 21.6. The molecule has 1 aliphatic heterocycles. The van der Waals surface area contributed by atoms with Crippen LogP contribution in [0.15, 0.2) is 30.5 Å². The molecule has 9 heteroatoms. The highest BCUT2D eigenvalue weighted by molar-refractivity contribution is 6.35. The SMILES string of the molecule is CCCN(CCO)C1CCCN(C(=O)c2cnc(N)c(OCc3c(Cl)cccc3Cl)c2)CC1. The van der Waals surface area contributed by atoms with Crippen molar-refractivity contribution in [2.75, 3.05) is 38.5 Å². The Hall–Kier alpha value is -2.06. The number of aromatic nitrogens is 1. The second-order valence-corrected chi connectivity index (χ2v) is 9.05. The van der Waals surface area contributed by atoms with Gasteiger partial charge >= 0.3 is 0 Å². The molecule has 0 radical (unpaired) electrons. The van der Waals surface area contributed by atoms with Crippen molar-refractivity contribution < 1.29 is 14.6 Å². The minimum Gasteiger partial charge on any atom is -0.485 e. The molecule has 1 unspecified atom stereocenters. The Labute approximate surface area is 205 Å². The summed E-state index contributed by atoms with van der Waals surface area (Å²) < 4.78 is 5.83. The maximum atomic E-state index is 13.2. The molecule has 1 atom stereocenters. The lowest BCUT2D eigenvalue weighted by molar-refractivity contribution is 0.0753. The van der Waals surface area contributed by atoms with E-state index < -0.39 is 0 Å². The second-order valence-electron chi connectivity index (χ2n) is 8.23. The third-order valence-corrected chi connectivity index (χ3v) is 6.67. The summed E-state index contributed by atoms with van der Waals surface area (Å²) in [5, 5.41) is 10.4. The standard InChI is InChI=1S/C24H32Cl2N4O3/c1-2-9-29(12-13-31)18-5-4-10-30(11-8-18)24(32)17-14-22(23(27)28-15-17)33-16-19-20(25)6-3-7-21(19)26/h3,6-7,14-15,18,31H,2,4-5,8-13,16H2,1H3,(H2,27,28). The van der Waals surface area contributed by atoms with E-state index in [0.29, 0.717) is 52.6 Å². The Morgan fingerprint density at radius 2 is 2.03 bits per heavy atom. The number of nitrogen functional groups attached to an aromatic ring is 1. The molecule has 180 valence electrons. The summed E-state index contributed by atoms with van der Waals surface area (Å²) in [6.45, 7) is 5.38. The fourth-order valence-corrected chi connectivity index (χ4v) is 4.74. The van der Waals surface area contributed by atoms with Crippen LogP contribution in [0.2, 0.25) is 10.0 Å². The van der Waals surface area contributed by atoms with Crippen molar-refractivity contribution in [3.8, 4) is 5.75 Å². The highest BCUT2D eigenvalue weighted by Gasteiger charge is 2.25. The second kappa shape index (κ2) is 12.4. The molecule has 33 heavy (non-hydrogen) atoms. The van der Waals surface area contributed by atoms with Crippen LogP contribution in [0.4, 0.5) is 5.82 Å². The number of benzene rings is 1. The van der Waals surface area contributed by atoms with Gasteiger partial charge in [0.15, 0.2) is 11.6 Å². The average Bonchev–Trinajstić information content (AvgIpc) is 3.05. The van der Waals surface area contributed by atoms with E-state index in [0.717, 1.165) is 32.2 Å². The number of carbonyl (C=O) groups excluding carboxylic acids is 1. The van der Waals surface area contributed by atoms with E-state index in [-0.39, 0.29) is 24.9 Å². The van der Waals surface area contributed by atoms with Crippen molar-refractivity contribution in [1.82, 2.24) is 14.8 Å². The molecule has 7 nitrogen and oxygen atoms in total. The predicted octanol–water partition coefficient (Wildman–Crippen LogP) is 4.25. The Kier molecular flexibility index (Phi) is 9.62. The smallest absolute Gasteiger partial charge is 0.255 e. The van der Waals surface area contributed by atoms with Gasteiger partial charge < -0.3 is 20.5 Å². The Balaban J connectivity index is 1.67. The first-order valence-corrected chi connectivity index (χ1v) is 12.2. The first-order valence-electron chi connectivity index (χ1n) is 11.4. The molecule has 1 saturated heterocycles. The van der Waals surface area contributed by atoms with E-state index in [9.17, 15) is 9.90 Å². The number of ether oxygens (including phenoxy) is 1. The number of carbonyl (C=O) groups is 1. The van der Waals surface area contributed by atoms with Crippen LogP contribution in [-0.4, -0.2) is 64.6 Å². The number of pyridine rings is 1. The fourth-order valence-electron chi connectivity index (χ4n) is 4.23. The third-order valence-electron chi connectivity index (χ3n) is 5.96. The van der Waals surface area contributed by atoms with Crippen LogP contribution in [0.3, 0.4) is 0 Å². The number of likely N-dealkylation sites (tertiary alicyclic amines) is 1. The van der Waals surface area contributed by atoms with E-state index in [1.807, 2.05) is 4.90 Å². The van der Waals surface area contributed by atoms with Crippen LogP contribution < -0.4 is 10.5 Å². The molecule has 1 aromatic carbocycles. The number of hydrogen-bond acceptors (Lipinski definition) is 6. The molecule has 1 aromatic heterocycles. The number of aliphatic hydroxyl groups is 1. The molecule has 0 spiro atoms. The van der Waals surface area contributed by atoms with Crippen LogP contribution in [0.1, 0.15) is 48.5 Å². The fraction of sp³-hybridized carbons (Fsp3) is 0.500. The highest BCUT2D eigenvalue weighted by Crippen LogP contribution is 2.28. The van der Waals surface area contributed by atoms with Gasteiger partial charge in [-0.2, -0.15) is 0 Å². The van der Waals surface area contributed by atoms with Gasteiger partial charge in [-0.15, -0.1) is 0 Å². The van der Waals surface area contributed by atoms with E-state index in [1.54, 1.807) is 24.3 Å². The van der Waals surface area contributed by atoms with Crippen molar-refractivity contribution >= 4 is 34.9 Å². The summed E-state index contributed by atoms with van der Waals surface area (Å²) in [7, 11) is 0. The first kappa shape index (κ1) is 25.6. The van der Waals surface area contributed by atoms with Gasteiger partial charge in [0.1, 0.15) is 6.61 Å². The van der Waals surface area contributed by atoms with Crippen molar-refractivity contribution in [3.63, 3.8) is 0 Å². The van der Waals surface area contributed by atoms with Crippen LogP contribution in [-0.2, 0) is 6.61 Å². The van der Waals surface area contributed by atoms with Gasteiger partial charge in [0, 0.05) is 47.5 Å². The maximum absolute atomic E-state index is 13.2. The highest BCUT2D eigenvalue weighted by atomic mass is 35.5. The topological polar surface area (TPSA) is 91.9 Å². The number of anilines is 1. The quantitative estimate of drug-likeness (QED) is 0.541. The molecule has 3 N–H and O–H groups in total. The number of hydrogen-bond donors (Lipinski definition) is 2. The lowest BCUT2D eigenvalue weighted by Gasteiger charge is -2.30. The minimum absolute atomic E-state index is 0.0898. The molecule has 1 amide bonds. The molecule has 1 fully saturated rings. The summed E-state index contributed by atoms with van der Waals surface area (Å²) in [6.07, 6.45) is 5.33. The van der Waals surface area contributed by atoms with Crippen LogP contribution in [0, 0.1) is 0 Å². The van der Waals surface area contributed by atoms with E-state index >= 15 is 0 Å². The van der Waals surface area contributed by atoms with Crippen molar-refractivity contribution in [3.05, 3.63) is 51.6 Å². The van der Waals surface area contributed by atoms with Gasteiger partial charge in [-0.1, -0.05) is 36.2 Å². The molecule has 1 aliphatic rings. The summed E-state index contributed by atoms with van der Waals surface area (Å²) >= 11 is 12.4. The lowest BCUT2D eigenvalue weighted by atomic mass is 10.1. The summed E-state index contributed by atoms with van der Waals surface area (Å²) in [6, 6.07) is 7.25. The molecule has 0 aliphatic carbocycles. The van der Waals surface area contributed by atoms with Gasteiger partial charge in [-0.25, -0.2) is 4.98 Å². The van der Waals surface area contributed by atoms with Gasteiger partial charge in [-0.05, 0) is 50.4 Å². The first-order chi connectivity index (χ1) is 15.9. The molecule has 2 heterocycles. The number of aliphatic hydroxyl groups excluding tert-OH is 1. The zero-order chi connectivity index (χ0) is 23.8. The van der Waals surface area contributed by atoms with Crippen LogP contribution in [0.5, 0.6) is 5.75 Å². The van der Waals surface area contributed by atoms with Gasteiger partial charge in [0.05, 0.1) is 12.2 Å². The van der Waals surface area contributed by atoms with Gasteiger partial charge in [0.25, 0.3) is 5.91 Å². The minimum atomic E-state index is -0.0898. The molecular formula is C24H32Cl2N4O3. The average molecular weight is 495 g/mol. The normalized spacial score (nSPS) is 16.6. The molecule has 0 bridgehead atoms. The van der Waals surface area contributed by atoms with E-state index in [1.165, 1.54) is 6.20 Å². The lowest BCUT2D eigenvalue weighted by Crippen LogP contribution is -2.39. The molecule has 3 rings (SSSR count). The molecular weight excluding hydrogens is 463 g/mol. The van der Waals surface area contributed by atoms with Crippen LogP contribution >= 0.6 is 23.2 Å². The zero-order valence-electron chi connectivity index (χ0n) is 19.0. The number of nitrogens with zero attached hydrogens (tertiary/aromatic N) is 3. The Morgan fingerprint density at radius 3 is 2.73 bits per heavy atom. The predicted molar refractivity (Wildman–Crippen MR) is 132 cm³/mol. The van der Waals surface area contributed by atoms with Crippen molar-refractivity contribution in [1.29, 1.82) is 0 Å². The van der Waals surface area contributed by atoms with Crippen molar-refractivity contribution in [2.24, 2.45) is 0 Å². The number of halogens is 2. The molecule has 2 aromatic rings. The van der Waals surface area contributed by atoms with Gasteiger partial charge in [0.2, 0.25) is 0 Å². The third kappa shape index (κ3) is 6.73. The van der Waals surface area contributed by atoms with Crippen molar-refractivity contribution in [2.45, 2.75) is 45.3 Å². The maximum Gasteiger partial charge on any atom is 0.255 e. The monoisotopic (exact) mass is 494 g/mol. The largest absolute Gasteiger partial charge is 0.485 e. The Morgan fingerprint density at radius 1 is 1.27 bits per heavy atom. The molecule has 0 saturated carbocycles. The summed E-state index contributed by atoms with van der Waals surface area (Å²) in [5.74, 6) is 0.430. The van der Waals surface area contributed by atoms with E-state index in [4.69, 9.17) is 33.7 Å². The Bertz CT molecular complexity index is 918. The summed E-state index contributed by atoms with van der Waals surface area (Å²) in [5.41, 5.74) is 7.07. The number of amides is 1. The van der Waals surface area contributed by atoms with Gasteiger partial charge in [-0.3, -0.25) is 9.69 Å². The van der Waals surface area contributed by atoms with Crippen LogP contribution in [0.25, 0.3) is 0 Å².